The molecule has 136 heavy (non-hydrogen) atoms. The number of fused-ring (bicyclic) bond motifs is 10. The molecule has 0 bridgehead atoms. The predicted octanol–water partition coefficient (Wildman–Crippen LogP) is 31.9. The normalized spacial score (nSPS) is 12.3. The molecule has 17 aromatic rings. The van der Waals surface area contributed by atoms with Gasteiger partial charge in [-0.2, -0.15) is 15.3 Å². The summed E-state index contributed by atoms with van der Waals surface area (Å²) in [7, 11) is 0. The third kappa shape index (κ3) is 19.6. The molecule has 0 aliphatic heterocycles. The fraction of sp³-hybridized carbons (Fsp3) is 0.274. The number of rotatable bonds is 21. The SMILES string of the molecule is CCCCC(C)(C)c1nnc(-c2[c-]cc(-c3ccc(C)cc3C)c(-c3ccc(C)cc3C)c2)n1-c1ccc(-c2ccccc2)cc1C.CCCCC(C)(C)c1nnc(-c2[c-]cc(C)c(-c3ccc4c(c3)-c3ccccc3C43c4ccccc4-c4ccccc43)c2)n1-c1ccc(C)cc1C.Cc1ccc(-n2c(-c3[c-]cc(C)c(-c4ccccc4)c3)nnc2C(C)(C)CC(C)(C)C)c(C)c1.[Ir].[Ir].[Ir]. The summed E-state index contributed by atoms with van der Waals surface area (Å²) in [5, 5.41) is 29.3. The van der Waals surface area contributed by atoms with E-state index in [0.29, 0.717) is 0 Å². The van der Waals surface area contributed by atoms with E-state index in [-0.39, 0.29) is 87.4 Å². The van der Waals surface area contributed by atoms with Crippen LogP contribution in [0, 0.1) is 99.8 Å². The van der Waals surface area contributed by atoms with Gasteiger partial charge in [0.25, 0.3) is 0 Å². The summed E-state index contributed by atoms with van der Waals surface area (Å²) in [5.74, 6) is 5.45. The summed E-state index contributed by atoms with van der Waals surface area (Å²) < 4.78 is 6.86. The molecule has 0 atom stereocenters. The van der Waals surface area contributed by atoms with Crippen LogP contribution in [-0.2, 0) is 82.0 Å². The summed E-state index contributed by atoms with van der Waals surface area (Å²) in [6.07, 6.45) is 7.64. The van der Waals surface area contributed by atoms with Crippen molar-refractivity contribution in [2.75, 3.05) is 0 Å². The van der Waals surface area contributed by atoms with Crippen molar-refractivity contribution in [3.8, 4) is 129 Å². The Kier molecular flexibility index (Phi) is 30.3. The Balaban J connectivity index is 0.000000165. The zero-order valence-corrected chi connectivity index (χ0v) is 90.2. The Bertz CT molecular complexity index is 7190. The molecule has 0 unspecified atom stereocenters. The molecule has 0 N–H and O–H groups in total. The van der Waals surface area contributed by atoms with Crippen LogP contribution in [0.1, 0.15) is 222 Å². The fourth-order valence-corrected chi connectivity index (χ4v) is 21.3. The average Bonchev–Trinajstić information content (AvgIpc) is 1.51. The number of hydrogen-bond acceptors (Lipinski definition) is 6. The molecule has 2 aliphatic rings. The Hall–Kier alpha value is -11.6. The Morgan fingerprint density at radius 1 is 0.265 bits per heavy atom. The first-order valence-electron chi connectivity index (χ1n) is 47.7. The first-order chi connectivity index (χ1) is 63.8. The number of aryl methyl sites for hydroxylation is 11. The van der Waals surface area contributed by atoms with E-state index in [2.05, 4.69) is 463 Å². The molecule has 12 heteroatoms. The predicted molar refractivity (Wildman–Crippen MR) is 555 cm³/mol. The Morgan fingerprint density at radius 3 is 1.03 bits per heavy atom. The molecule has 3 aromatic heterocycles. The minimum absolute atomic E-state index is 0. The molecule has 2 aliphatic carbocycles. The van der Waals surface area contributed by atoms with Crippen LogP contribution in [0.4, 0.5) is 0 Å². The van der Waals surface area contributed by atoms with Crippen LogP contribution in [0.2, 0.25) is 0 Å². The van der Waals surface area contributed by atoms with Crippen molar-refractivity contribution >= 4 is 0 Å². The second-order valence-electron chi connectivity index (χ2n) is 40.8. The van der Waals surface area contributed by atoms with Crippen LogP contribution in [0.3, 0.4) is 0 Å². The van der Waals surface area contributed by atoms with Gasteiger partial charge < -0.3 is 13.7 Å². The van der Waals surface area contributed by atoms with E-state index in [1.54, 1.807) is 0 Å². The molecule has 0 saturated heterocycles. The maximum Gasteiger partial charge on any atom is 0.134 e. The second kappa shape index (κ2) is 41.0. The van der Waals surface area contributed by atoms with Crippen molar-refractivity contribution in [1.29, 1.82) is 0 Å². The van der Waals surface area contributed by atoms with Crippen LogP contribution >= 0.6 is 0 Å². The number of nitrogens with zero attached hydrogens (tertiary/aromatic N) is 9. The summed E-state index contributed by atoms with van der Waals surface area (Å²) >= 11 is 0. The maximum atomic E-state index is 4.94. The smallest absolute Gasteiger partial charge is 0.134 e. The number of hydrogen-bond donors (Lipinski definition) is 0. The molecule has 3 heterocycles. The Labute approximate surface area is 849 Å². The van der Waals surface area contributed by atoms with Crippen LogP contribution in [0.5, 0.6) is 0 Å². The second-order valence-corrected chi connectivity index (χ2v) is 40.8. The van der Waals surface area contributed by atoms with Gasteiger partial charge in [0.15, 0.2) is 0 Å². The van der Waals surface area contributed by atoms with E-state index < -0.39 is 0 Å². The molecule has 1 spiro atoms. The standard InChI is InChI=1S/C49H44N3.C44H46N3.C31H36N3.3Ir/c1-7-8-27-48(5,6)47-51-50-46(52(47)45-26-21-31(2)28-33(45)4)35-23-22-32(3)39(30-35)34-24-25-44-40(29-34)38-17-11-14-20-43(38)49(44)41-18-12-9-15-36(41)37-16-10-13-19-42(37)49;1-9-10-24-44(7,8)43-46-45-42(47(43)41-23-19-35(27-33(41)6)34-14-12-11-13-15-34)36-18-22-39(37-20-16-29(2)25-31(37)4)40(28-36)38-21-17-30(3)26-32(38)5;1-21-14-17-27(23(3)18-21)34-28(32-33-29(34)31(7,8)20-30(4,5)6)25-16-15-22(2)26(19-25)24-12-10-9-11-13-24;;;/h9-22,24-26,28-30H,7-8,27H2,1-6H3;11-17,19-23,25-28H,9-10,24H2,1-8H3;9-15,17-19H,20H2,1-8H3;;;/q3*-1;;;. The van der Waals surface area contributed by atoms with Crippen molar-refractivity contribution in [2.45, 2.75) is 219 Å². The molecule has 0 saturated carbocycles. The zero-order chi connectivity index (χ0) is 93.7. The monoisotopic (exact) mass is 2320 g/mol. The van der Waals surface area contributed by atoms with Crippen LogP contribution < -0.4 is 0 Å². The molecule has 3 radical (unpaired) electrons. The maximum absolute atomic E-state index is 4.94. The quantitative estimate of drug-likeness (QED) is 0.0666. The van der Waals surface area contributed by atoms with Crippen molar-refractivity contribution in [2.24, 2.45) is 5.41 Å². The van der Waals surface area contributed by atoms with Gasteiger partial charge in [0.1, 0.15) is 17.5 Å². The molecule has 0 fully saturated rings. The molecular formula is C124H126Ir3N9-3. The molecule has 9 nitrogen and oxygen atoms in total. The van der Waals surface area contributed by atoms with Crippen molar-refractivity contribution in [3.63, 3.8) is 0 Å². The molecular weight excluding hydrogens is 2190 g/mol. The van der Waals surface area contributed by atoms with E-state index >= 15 is 0 Å². The van der Waals surface area contributed by atoms with Crippen molar-refractivity contribution < 1.29 is 60.3 Å². The first kappa shape index (κ1) is 100. The van der Waals surface area contributed by atoms with Gasteiger partial charge in [0.2, 0.25) is 0 Å². The number of aromatic nitrogens is 9. The molecule has 0 amide bonds. The van der Waals surface area contributed by atoms with Gasteiger partial charge in [0, 0.05) is 93.6 Å². The third-order valence-electron chi connectivity index (χ3n) is 27.5. The van der Waals surface area contributed by atoms with Gasteiger partial charge in [-0.25, -0.2) is 0 Å². The van der Waals surface area contributed by atoms with Gasteiger partial charge >= 0.3 is 0 Å². The summed E-state index contributed by atoms with van der Waals surface area (Å²) in [6.45, 7) is 49.0. The fourth-order valence-electron chi connectivity index (χ4n) is 21.3. The zero-order valence-electron chi connectivity index (χ0n) is 83.0. The van der Waals surface area contributed by atoms with Gasteiger partial charge in [-0.05, 0) is 212 Å². The minimum Gasteiger partial charge on any atom is -0.319 e. The van der Waals surface area contributed by atoms with Gasteiger partial charge in [-0.3, -0.25) is 0 Å². The van der Waals surface area contributed by atoms with Gasteiger partial charge in [-0.1, -0.05) is 384 Å². The topological polar surface area (TPSA) is 92.1 Å². The number of unbranched alkanes of at least 4 members (excludes halogenated alkanes) is 2. The first-order valence-corrected chi connectivity index (χ1v) is 47.7. The van der Waals surface area contributed by atoms with Crippen molar-refractivity contribution in [3.05, 3.63) is 398 Å². The summed E-state index contributed by atoms with van der Waals surface area (Å²) in [4.78, 5) is 0. The van der Waals surface area contributed by atoms with Gasteiger partial charge in [-0.15, -0.1) is 97.7 Å². The van der Waals surface area contributed by atoms with E-state index in [1.807, 2.05) is 0 Å². The van der Waals surface area contributed by atoms with Gasteiger partial charge in [0.05, 0.1) is 22.9 Å². The minimum atomic E-state index is -0.342. The third-order valence-corrected chi connectivity index (χ3v) is 27.5. The largest absolute Gasteiger partial charge is 0.319 e. The molecule has 697 valence electrons. The number of benzene rings is 14. The van der Waals surface area contributed by atoms with Crippen LogP contribution in [0.15, 0.2) is 279 Å². The average molecular weight is 2320 g/mol. The van der Waals surface area contributed by atoms with Crippen LogP contribution in [-0.4, -0.2) is 44.3 Å². The van der Waals surface area contributed by atoms with E-state index in [0.717, 1.165) is 114 Å². The van der Waals surface area contributed by atoms with Crippen LogP contribution in [0.25, 0.3) is 129 Å². The van der Waals surface area contributed by atoms with Crippen molar-refractivity contribution in [1.82, 2.24) is 44.3 Å². The van der Waals surface area contributed by atoms with E-state index in [1.165, 1.54) is 161 Å². The molecule has 19 rings (SSSR count). The molecule has 14 aromatic carbocycles. The van der Waals surface area contributed by atoms with E-state index in [4.69, 9.17) is 30.6 Å². The summed E-state index contributed by atoms with van der Waals surface area (Å²) in [6, 6.07) is 113. The Morgan fingerprint density at radius 2 is 0.610 bits per heavy atom. The van der Waals surface area contributed by atoms with E-state index in [9.17, 15) is 0 Å². The summed E-state index contributed by atoms with van der Waals surface area (Å²) in [5.41, 5.74) is 41.7.